The van der Waals surface area contributed by atoms with Gasteiger partial charge in [-0.05, 0) is 6.42 Å². The van der Waals surface area contributed by atoms with Crippen molar-refractivity contribution in [1.29, 1.82) is 0 Å². The molecule has 0 aromatic rings. The molecule has 0 saturated heterocycles. The molecule has 0 aromatic heterocycles. The molecule has 9 nitrogen and oxygen atoms in total. The summed E-state index contributed by atoms with van der Waals surface area (Å²) in [6.07, 6.45) is 0.864. The molecule has 22 heavy (non-hydrogen) atoms. The molecule has 0 aromatic carbocycles. The average Bonchev–Trinajstić information content (AvgIpc) is 2.37. The van der Waals surface area contributed by atoms with E-state index in [-0.39, 0.29) is 5.97 Å². The van der Waals surface area contributed by atoms with Crippen LogP contribution in [-0.4, -0.2) is 56.5 Å². The number of esters is 1. The molecule has 0 bridgehead atoms. The van der Waals surface area contributed by atoms with Crippen molar-refractivity contribution >= 4 is 23.9 Å². The van der Waals surface area contributed by atoms with E-state index >= 15 is 0 Å². The van der Waals surface area contributed by atoms with Gasteiger partial charge in [0.05, 0.1) is 19.4 Å². The maximum atomic E-state index is 10.3. The maximum absolute atomic E-state index is 10.3. The van der Waals surface area contributed by atoms with E-state index in [1.54, 1.807) is 0 Å². The van der Waals surface area contributed by atoms with Gasteiger partial charge in [0, 0.05) is 6.08 Å². The summed E-state index contributed by atoms with van der Waals surface area (Å²) < 4.78 is 4.67. The van der Waals surface area contributed by atoms with Crippen molar-refractivity contribution in [2.45, 2.75) is 38.2 Å². The normalized spacial score (nSPS) is 9.91. The van der Waals surface area contributed by atoms with Gasteiger partial charge in [0.2, 0.25) is 0 Å². The Balaban J connectivity index is 0. The Morgan fingerprint density at radius 3 is 1.82 bits per heavy atom. The van der Waals surface area contributed by atoms with Crippen LogP contribution in [0, 0.1) is 0 Å². The van der Waals surface area contributed by atoms with Crippen LogP contribution in [0.3, 0.4) is 0 Å². The molecule has 0 atom stereocenters. The largest absolute Gasteiger partial charge is 0.481 e. The fourth-order valence-electron chi connectivity index (χ4n) is 1.09. The van der Waals surface area contributed by atoms with Crippen LogP contribution in [0.1, 0.15) is 32.6 Å². The lowest BCUT2D eigenvalue weighted by molar-refractivity contribution is -0.170. The monoisotopic (exact) mass is 320 g/mol. The number of carbonyl (C=O) groups excluding carboxylic acids is 1. The van der Waals surface area contributed by atoms with E-state index in [1.807, 2.05) is 6.92 Å². The Morgan fingerprint density at radius 1 is 1.09 bits per heavy atom. The summed E-state index contributed by atoms with van der Waals surface area (Å²) in [5.41, 5.74) is -2.74. The smallest absolute Gasteiger partial charge is 0.336 e. The summed E-state index contributed by atoms with van der Waals surface area (Å²) in [5, 5.41) is 33.8. The summed E-state index contributed by atoms with van der Waals surface area (Å²) >= 11 is 0. The minimum Gasteiger partial charge on any atom is -0.481 e. The molecule has 0 unspecified atom stereocenters. The predicted octanol–water partition coefficient (Wildman–Crippen LogP) is 0.267. The van der Waals surface area contributed by atoms with Crippen molar-refractivity contribution in [3.63, 3.8) is 0 Å². The predicted molar refractivity (Wildman–Crippen MR) is 73.2 cm³/mol. The van der Waals surface area contributed by atoms with Gasteiger partial charge in [0.25, 0.3) is 0 Å². The van der Waals surface area contributed by atoms with Gasteiger partial charge in [-0.2, -0.15) is 0 Å². The molecule has 0 aliphatic carbocycles. The first-order chi connectivity index (χ1) is 10.1. The summed E-state index contributed by atoms with van der Waals surface area (Å²) in [5.74, 6) is -5.35. The average molecular weight is 320 g/mol. The van der Waals surface area contributed by atoms with Crippen molar-refractivity contribution < 1.29 is 44.3 Å². The Bertz CT molecular complexity index is 398. The van der Waals surface area contributed by atoms with Crippen LogP contribution in [0.25, 0.3) is 0 Å². The van der Waals surface area contributed by atoms with Gasteiger partial charge in [-0.25, -0.2) is 9.59 Å². The van der Waals surface area contributed by atoms with Crippen molar-refractivity contribution in [2.75, 3.05) is 6.61 Å². The number of hydrogen-bond acceptors (Lipinski definition) is 6. The summed E-state index contributed by atoms with van der Waals surface area (Å²) in [7, 11) is 0. The Hall–Kier alpha value is -2.42. The minimum atomic E-state index is -2.74. The van der Waals surface area contributed by atoms with Gasteiger partial charge in [0.15, 0.2) is 5.60 Å². The second kappa shape index (κ2) is 11.3. The van der Waals surface area contributed by atoms with Crippen molar-refractivity contribution in [2.24, 2.45) is 0 Å². The zero-order chi connectivity index (χ0) is 17.8. The Labute approximate surface area is 126 Å². The highest BCUT2D eigenvalue weighted by atomic mass is 16.5. The van der Waals surface area contributed by atoms with E-state index in [2.05, 4.69) is 11.3 Å². The van der Waals surface area contributed by atoms with Gasteiger partial charge in [-0.3, -0.25) is 9.59 Å². The second-order valence-corrected chi connectivity index (χ2v) is 4.20. The van der Waals surface area contributed by atoms with E-state index in [1.165, 1.54) is 6.08 Å². The number of aliphatic carboxylic acids is 3. The third kappa shape index (κ3) is 11.4. The fourth-order valence-corrected chi connectivity index (χ4v) is 1.09. The van der Waals surface area contributed by atoms with Crippen molar-refractivity contribution in [1.82, 2.24) is 0 Å². The Morgan fingerprint density at radius 2 is 1.55 bits per heavy atom. The number of ether oxygens (including phenoxy) is 1. The molecule has 0 aliphatic rings. The van der Waals surface area contributed by atoms with E-state index in [4.69, 9.17) is 20.4 Å². The molecule has 0 fully saturated rings. The van der Waals surface area contributed by atoms with Crippen LogP contribution < -0.4 is 0 Å². The summed E-state index contributed by atoms with van der Waals surface area (Å²) in [6, 6.07) is 0. The fraction of sp³-hybridized carbons (Fsp3) is 0.538. The maximum Gasteiger partial charge on any atom is 0.336 e. The zero-order valence-electron chi connectivity index (χ0n) is 12.2. The number of rotatable bonds is 9. The molecular weight excluding hydrogens is 300 g/mol. The van der Waals surface area contributed by atoms with Crippen LogP contribution in [0.5, 0.6) is 0 Å². The number of hydrogen-bond donors (Lipinski definition) is 4. The highest BCUT2D eigenvalue weighted by Gasteiger charge is 2.40. The molecule has 0 radical (unpaired) electrons. The van der Waals surface area contributed by atoms with E-state index in [0.29, 0.717) is 6.61 Å². The standard InChI is InChI=1S/C7H12O2.C6H8O7/c1-3-5-6-9-7(8)4-2;7-3(8)1-6(13,5(11)12)2-4(9)10/h4H,2-3,5-6H2,1H3;13H,1-2H2,(H,7,8)(H,9,10)(H,11,12). The molecule has 0 rings (SSSR count). The van der Waals surface area contributed by atoms with Crippen LogP contribution in [-0.2, 0) is 23.9 Å². The second-order valence-electron chi connectivity index (χ2n) is 4.20. The number of carboxylic acids is 3. The van der Waals surface area contributed by atoms with Gasteiger partial charge in [0.1, 0.15) is 0 Å². The number of carboxylic acid groups (broad SMARTS) is 3. The van der Waals surface area contributed by atoms with E-state index in [9.17, 15) is 19.2 Å². The molecule has 9 heteroatoms. The first-order valence-electron chi connectivity index (χ1n) is 6.27. The lowest BCUT2D eigenvalue weighted by atomic mass is 9.96. The molecule has 0 spiro atoms. The molecule has 0 amide bonds. The lowest BCUT2D eigenvalue weighted by Crippen LogP contribution is -2.42. The Kier molecular flexibility index (Phi) is 11.2. The van der Waals surface area contributed by atoms with Crippen molar-refractivity contribution in [3.05, 3.63) is 12.7 Å². The third-order valence-corrected chi connectivity index (χ3v) is 2.19. The minimum absolute atomic E-state index is 0.330. The lowest BCUT2D eigenvalue weighted by Gasteiger charge is -2.18. The van der Waals surface area contributed by atoms with Crippen molar-refractivity contribution in [3.8, 4) is 0 Å². The van der Waals surface area contributed by atoms with Crippen LogP contribution in [0.15, 0.2) is 12.7 Å². The topological polar surface area (TPSA) is 158 Å². The highest BCUT2D eigenvalue weighted by molar-refractivity contribution is 5.88. The molecule has 0 aliphatic heterocycles. The first kappa shape index (κ1) is 21.9. The third-order valence-electron chi connectivity index (χ3n) is 2.19. The summed E-state index contributed by atoms with van der Waals surface area (Å²) in [6.45, 7) is 5.82. The zero-order valence-corrected chi connectivity index (χ0v) is 12.2. The number of carbonyl (C=O) groups is 4. The van der Waals surface area contributed by atoms with Crippen LogP contribution in [0.2, 0.25) is 0 Å². The van der Waals surface area contributed by atoms with Gasteiger partial charge < -0.3 is 25.2 Å². The highest BCUT2D eigenvalue weighted by Crippen LogP contribution is 2.15. The summed E-state index contributed by atoms with van der Waals surface area (Å²) in [4.78, 5) is 40.8. The van der Waals surface area contributed by atoms with E-state index < -0.39 is 36.4 Å². The van der Waals surface area contributed by atoms with Gasteiger partial charge in [-0.15, -0.1) is 0 Å². The number of unbranched alkanes of at least 4 members (excludes halogenated alkanes) is 1. The van der Waals surface area contributed by atoms with Gasteiger partial charge >= 0.3 is 23.9 Å². The van der Waals surface area contributed by atoms with Gasteiger partial charge in [-0.1, -0.05) is 19.9 Å². The van der Waals surface area contributed by atoms with Crippen LogP contribution >= 0.6 is 0 Å². The first-order valence-corrected chi connectivity index (χ1v) is 6.27. The van der Waals surface area contributed by atoms with Crippen LogP contribution in [0.4, 0.5) is 0 Å². The molecule has 0 saturated carbocycles. The quantitative estimate of drug-likeness (QED) is 0.265. The molecule has 126 valence electrons. The SMILES string of the molecule is C=CC(=O)OCCCC.O=C(O)CC(O)(CC(=O)O)C(=O)O. The molecular formula is C13H20O9. The number of aliphatic hydroxyl groups is 1. The molecule has 0 heterocycles. The van der Waals surface area contributed by atoms with E-state index in [0.717, 1.165) is 12.8 Å². The molecule has 4 N–H and O–H groups in total.